The highest BCUT2D eigenvalue weighted by molar-refractivity contribution is 5.81. The van der Waals surface area contributed by atoms with Crippen molar-refractivity contribution in [3.8, 4) is 16.9 Å². The van der Waals surface area contributed by atoms with E-state index in [2.05, 4.69) is 5.32 Å². The lowest BCUT2D eigenvalue weighted by atomic mass is 9.90. The van der Waals surface area contributed by atoms with Crippen LogP contribution in [0.4, 0.5) is 18.0 Å². The summed E-state index contributed by atoms with van der Waals surface area (Å²) in [4.78, 5) is 26.4. The largest absolute Gasteiger partial charge is 0.496 e. The number of ether oxygens (including phenoxy) is 2. The highest BCUT2D eigenvalue weighted by atomic mass is 19.4. The van der Waals surface area contributed by atoms with E-state index in [-0.39, 0.29) is 26.1 Å². The zero-order valence-electron chi connectivity index (χ0n) is 21.8. The van der Waals surface area contributed by atoms with Gasteiger partial charge in [-0.1, -0.05) is 42.5 Å². The van der Waals surface area contributed by atoms with Gasteiger partial charge in [0.25, 0.3) is 0 Å². The zero-order chi connectivity index (χ0) is 27.9. The van der Waals surface area contributed by atoms with E-state index in [0.717, 1.165) is 17.7 Å². The second kappa shape index (κ2) is 12.5. The molecule has 0 aliphatic heterocycles. The van der Waals surface area contributed by atoms with Crippen molar-refractivity contribution in [2.75, 3.05) is 20.8 Å². The van der Waals surface area contributed by atoms with Crippen LogP contribution in [0, 0.1) is 6.92 Å². The molecule has 3 aromatic carbocycles. The van der Waals surface area contributed by atoms with E-state index in [1.807, 2.05) is 30.3 Å². The van der Waals surface area contributed by atoms with Crippen LogP contribution in [0.3, 0.4) is 0 Å². The van der Waals surface area contributed by atoms with Crippen molar-refractivity contribution in [2.45, 2.75) is 39.5 Å². The molecule has 0 aliphatic carbocycles. The van der Waals surface area contributed by atoms with Crippen molar-refractivity contribution in [3.05, 3.63) is 88.5 Å². The highest BCUT2D eigenvalue weighted by Gasteiger charge is 2.32. The summed E-state index contributed by atoms with van der Waals surface area (Å²) in [5.41, 5.74) is 2.75. The van der Waals surface area contributed by atoms with E-state index >= 15 is 0 Å². The average Bonchev–Trinajstić information content (AvgIpc) is 2.91. The molecule has 1 N–H and O–H groups in total. The molecule has 6 nitrogen and oxygen atoms in total. The lowest BCUT2D eigenvalue weighted by molar-refractivity contribution is -0.140. The maximum atomic E-state index is 13.7. The highest BCUT2D eigenvalue weighted by Crippen LogP contribution is 2.40. The van der Waals surface area contributed by atoms with Gasteiger partial charge in [0.15, 0.2) is 0 Å². The number of hydrogen-bond acceptors (Lipinski definition) is 4. The van der Waals surface area contributed by atoms with E-state index in [1.54, 1.807) is 26.0 Å². The Labute approximate surface area is 220 Å². The number of esters is 1. The van der Waals surface area contributed by atoms with Gasteiger partial charge in [-0.15, -0.1) is 0 Å². The quantitative estimate of drug-likeness (QED) is 0.339. The molecule has 0 bridgehead atoms. The Morgan fingerprint density at radius 1 is 0.974 bits per heavy atom. The summed E-state index contributed by atoms with van der Waals surface area (Å²) in [6.45, 7) is 4.03. The van der Waals surface area contributed by atoms with Gasteiger partial charge in [0, 0.05) is 25.2 Å². The third-order valence-electron chi connectivity index (χ3n) is 6.34. The minimum absolute atomic E-state index is 0.00171. The van der Waals surface area contributed by atoms with E-state index in [4.69, 9.17) is 9.47 Å². The number of nitrogens with zero attached hydrogens (tertiary/aromatic N) is 1. The predicted molar refractivity (Wildman–Crippen MR) is 139 cm³/mol. The topological polar surface area (TPSA) is 67.9 Å². The minimum Gasteiger partial charge on any atom is -0.496 e. The fourth-order valence-corrected chi connectivity index (χ4v) is 4.22. The fourth-order valence-electron chi connectivity index (χ4n) is 4.22. The van der Waals surface area contributed by atoms with Gasteiger partial charge in [0.2, 0.25) is 0 Å². The third-order valence-corrected chi connectivity index (χ3v) is 6.34. The molecule has 0 aliphatic rings. The van der Waals surface area contributed by atoms with Crippen LogP contribution in [0.15, 0.2) is 60.7 Å². The van der Waals surface area contributed by atoms with Crippen LogP contribution in [0.1, 0.15) is 34.7 Å². The van der Waals surface area contributed by atoms with Gasteiger partial charge >= 0.3 is 18.2 Å². The molecule has 9 heteroatoms. The fraction of sp³-hybridized carbons (Fsp3) is 0.310. The second-order valence-electron chi connectivity index (χ2n) is 8.71. The summed E-state index contributed by atoms with van der Waals surface area (Å²) in [6.07, 6.45) is -4.57. The normalized spacial score (nSPS) is 11.1. The van der Waals surface area contributed by atoms with Crippen molar-refractivity contribution in [1.82, 2.24) is 10.2 Å². The average molecular weight is 529 g/mol. The maximum Gasteiger partial charge on any atom is 0.416 e. The molecular weight excluding hydrogens is 497 g/mol. The number of nitrogens with one attached hydrogen (secondary N) is 1. The summed E-state index contributed by atoms with van der Waals surface area (Å²) < 4.78 is 51.4. The standard InChI is InChI=1S/C29H31F3N2O4/c1-5-34(28(36)33-17-20-9-7-6-8-10-20)18-22-15-23(29(30,31)32)12-13-24(22)27-19(2)21(16-26(35)38-4)11-14-25(27)37-3/h6-15H,5,16-18H2,1-4H3,(H,33,36). The first kappa shape index (κ1) is 28.6. The number of rotatable bonds is 9. The molecule has 0 saturated carbocycles. The van der Waals surface area contributed by atoms with Crippen LogP contribution in [0.2, 0.25) is 0 Å². The molecule has 0 radical (unpaired) electrons. The number of hydrogen-bond donors (Lipinski definition) is 1. The Hall–Kier alpha value is -4.01. The minimum atomic E-state index is -4.56. The molecule has 3 rings (SSSR count). The van der Waals surface area contributed by atoms with Gasteiger partial charge in [0.1, 0.15) is 5.75 Å². The molecule has 202 valence electrons. The van der Waals surface area contributed by atoms with Crippen LogP contribution in [-0.4, -0.2) is 37.7 Å². The SMILES string of the molecule is CCN(Cc1cc(C(F)(F)F)ccc1-c1c(OC)ccc(CC(=O)OC)c1C)C(=O)NCc1ccccc1. The molecule has 2 amide bonds. The smallest absolute Gasteiger partial charge is 0.416 e. The third kappa shape index (κ3) is 6.85. The van der Waals surface area contributed by atoms with Gasteiger partial charge in [-0.05, 0) is 59.9 Å². The van der Waals surface area contributed by atoms with Gasteiger partial charge in [-0.25, -0.2) is 4.79 Å². The lowest BCUT2D eigenvalue weighted by Crippen LogP contribution is -2.39. The first-order chi connectivity index (χ1) is 18.1. The Bertz CT molecular complexity index is 1280. The van der Waals surface area contributed by atoms with E-state index in [1.165, 1.54) is 25.2 Å². The Morgan fingerprint density at radius 2 is 1.68 bits per heavy atom. The number of carbonyl (C=O) groups is 2. The van der Waals surface area contributed by atoms with Gasteiger partial charge in [-0.3, -0.25) is 4.79 Å². The maximum absolute atomic E-state index is 13.7. The Balaban J connectivity index is 2.05. The summed E-state index contributed by atoms with van der Waals surface area (Å²) in [5.74, 6) is -0.00203. The molecule has 0 fully saturated rings. The number of alkyl halides is 3. The van der Waals surface area contributed by atoms with Gasteiger partial charge in [0.05, 0.1) is 26.2 Å². The Morgan fingerprint density at radius 3 is 2.29 bits per heavy atom. The molecule has 0 heterocycles. The van der Waals surface area contributed by atoms with Crippen molar-refractivity contribution in [1.29, 1.82) is 0 Å². The van der Waals surface area contributed by atoms with Crippen molar-refractivity contribution >= 4 is 12.0 Å². The van der Waals surface area contributed by atoms with Crippen molar-refractivity contribution < 1.29 is 32.2 Å². The first-order valence-corrected chi connectivity index (χ1v) is 12.1. The number of amides is 2. The molecule has 0 spiro atoms. The van der Waals surface area contributed by atoms with Crippen LogP contribution in [0.5, 0.6) is 5.75 Å². The molecule has 3 aromatic rings. The molecule has 0 unspecified atom stereocenters. The van der Waals surface area contributed by atoms with E-state index in [0.29, 0.717) is 33.6 Å². The zero-order valence-corrected chi connectivity index (χ0v) is 21.8. The molecule has 0 atom stereocenters. The number of carbonyl (C=O) groups excluding carboxylic acids is 2. The van der Waals surface area contributed by atoms with Gasteiger partial charge in [-0.2, -0.15) is 13.2 Å². The molecule has 38 heavy (non-hydrogen) atoms. The van der Waals surface area contributed by atoms with Gasteiger partial charge < -0.3 is 19.7 Å². The number of halogens is 3. The first-order valence-electron chi connectivity index (χ1n) is 12.1. The predicted octanol–water partition coefficient (Wildman–Crippen LogP) is 6.14. The molecule has 0 saturated heterocycles. The van der Waals surface area contributed by atoms with Crippen LogP contribution >= 0.6 is 0 Å². The number of urea groups is 1. The summed E-state index contributed by atoms with van der Waals surface area (Å²) in [6, 6.07) is 15.8. The molecular formula is C29H31F3N2O4. The monoisotopic (exact) mass is 528 g/mol. The Kier molecular flexibility index (Phi) is 9.39. The van der Waals surface area contributed by atoms with Crippen molar-refractivity contribution in [3.63, 3.8) is 0 Å². The lowest BCUT2D eigenvalue weighted by Gasteiger charge is -2.25. The van der Waals surface area contributed by atoms with E-state index in [9.17, 15) is 22.8 Å². The van der Waals surface area contributed by atoms with Crippen LogP contribution < -0.4 is 10.1 Å². The van der Waals surface area contributed by atoms with Crippen LogP contribution in [0.25, 0.3) is 11.1 Å². The summed E-state index contributed by atoms with van der Waals surface area (Å²) in [7, 11) is 2.76. The van der Waals surface area contributed by atoms with E-state index < -0.39 is 23.7 Å². The second-order valence-corrected chi connectivity index (χ2v) is 8.71. The summed E-state index contributed by atoms with van der Waals surface area (Å²) in [5, 5.41) is 2.83. The number of benzene rings is 3. The van der Waals surface area contributed by atoms with Crippen molar-refractivity contribution in [2.24, 2.45) is 0 Å². The van der Waals surface area contributed by atoms with Crippen LogP contribution in [-0.2, 0) is 35.2 Å². The number of methoxy groups -OCH3 is 2. The molecule has 0 aromatic heterocycles. The summed E-state index contributed by atoms with van der Waals surface area (Å²) >= 11 is 0.